The van der Waals surface area contributed by atoms with Crippen LogP contribution in [0.2, 0.25) is 0 Å². The van der Waals surface area contributed by atoms with E-state index < -0.39 is 47.4 Å². The van der Waals surface area contributed by atoms with Crippen molar-refractivity contribution in [3.8, 4) is 0 Å². The summed E-state index contributed by atoms with van der Waals surface area (Å²) >= 11 is 0. The molecular weight excluding hydrogens is 463 g/mol. The number of aromatic nitrogens is 1. The van der Waals surface area contributed by atoms with Gasteiger partial charge in [0.25, 0.3) is 0 Å². The Morgan fingerprint density at radius 1 is 0.912 bits per heavy atom. The van der Waals surface area contributed by atoms with Crippen LogP contribution in [0.1, 0.15) is 58.9 Å². The van der Waals surface area contributed by atoms with Crippen LogP contribution < -0.4 is 0 Å². The minimum atomic E-state index is -4.94. The maximum Gasteiger partial charge on any atom is 0.416 e. The van der Waals surface area contributed by atoms with Gasteiger partial charge in [0, 0.05) is 6.20 Å². The van der Waals surface area contributed by atoms with Crippen LogP contribution >= 0.6 is 0 Å². The van der Waals surface area contributed by atoms with Crippen LogP contribution in [0.15, 0.2) is 60.8 Å². The molecule has 0 amide bonds. The smallest absolute Gasteiger partial charge is 0.370 e. The fourth-order valence-corrected chi connectivity index (χ4v) is 4.33. The van der Waals surface area contributed by atoms with E-state index in [1.807, 2.05) is 6.07 Å². The summed E-state index contributed by atoms with van der Waals surface area (Å²) in [5.41, 5.74) is -0.664. The predicted octanol–water partition coefficient (Wildman–Crippen LogP) is 7.48. The van der Waals surface area contributed by atoms with Crippen molar-refractivity contribution in [2.24, 2.45) is 0 Å². The van der Waals surface area contributed by atoms with Gasteiger partial charge < -0.3 is 4.74 Å². The van der Waals surface area contributed by atoms with Crippen molar-refractivity contribution in [1.82, 2.24) is 4.98 Å². The molecule has 0 spiro atoms. The lowest BCUT2D eigenvalue weighted by atomic mass is 9.79. The molecule has 1 aromatic heterocycles. The Bertz CT molecular complexity index is 1120. The van der Waals surface area contributed by atoms with E-state index in [-0.39, 0.29) is 11.6 Å². The first-order chi connectivity index (χ1) is 15.9. The molecule has 3 aromatic rings. The summed E-state index contributed by atoms with van der Waals surface area (Å²) in [6.45, 7) is 1.42. The van der Waals surface area contributed by atoms with Crippen LogP contribution in [0.5, 0.6) is 0 Å². The molecule has 0 fully saturated rings. The molecule has 0 saturated heterocycles. The number of benzene rings is 2. The van der Waals surface area contributed by atoms with Gasteiger partial charge in [0.15, 0.2) is 0 Å². The number of nitrogens with zero attached hydrogens (tertiary/aromatic N) is 1. The number of fused-ring (bicyclic) bond motifs is 1. The van der Waals surface area contributed by atoms with E-state index in [0.717, 1.165) is 5.56 Å². The first-order valence-corrected chi connectivity index (χ1v) is 10.6. The van der Waals surface area contributed by atoms with Gasteiger partial charge in [0.1, 0.15) is 5.82 Å². The van der Waals surface area contributed by atoms with Crippen molar-refractivity contribution in [2.45, 2.75) is 50.2 Å². The Morgan fingerprint density at radius 2 is 1.53 bits per heavy atom. The van der Waals surface area contributed by atoms with Crippen molar-refractivity contribution >= 4 is 0 Å². The number of halogens is 7. The molecule has 0 unspecified atom stereocenters. The third kappa shape index (κ3) is 5.09. The number of aryl methyl sites for hydroxylation is 1. The highest BCUT2D eigenvalue weighted by Crippen LogP contribution is 2.41. The average Bonchev–Trinajstić information content (AvgIpc) is 2.78. The van der Waals surface area contributed by atoms with E-state index in [2.05, 4.69) is 4.98 Å². The lowest BCUT2D eigenvalue weighted by molar-refractivity contribution is -0.143. The van der Waals surface area contributed by atoms with E-state index in [0.29, 0.717) is 36.2 Å². The second-order valence-corrected chi connectivity index (χ2v) is 8.27. The number of ether oxygens (including phenoxy) is 1. The highest BCUT2D eigenvalue weighted by molar-refractivity contribution is 5.38. The minimum absolute atomic E-state index is 0.0955. The van der Waals surface area contributed by atoms with E-state index in [9.17, 15) is 30.7 Å². The molecule has 0 saturated carbocycles. The topological polar surface area (TPSA) is 22.1 Å². The SMILES string of the molecule is C[C@H](O[C@H]1CCc2cccnc2[C@@H]1c1ccc(F)cc1)c1cc(C(F)(F)F)cc(C(F)(F)F)c1. The van der Waals surface area contributed by atoms with Gasteiger partial charge in [-0.2, -0.15) is 26.3 Å². The van der Waals surface area contributed by atoms with Crippen LogP contribution in [-0.4, -0.2) is 11.1 Å². The zero-order chi connectivity index (χ0) is 24.7. The van der Waals surface area contributed by atoms with Crippen molar-refractivity contribution in [1.29, 1.82) is 0 Å². The molecule has 0 N–H and O–H groups in total. The molecule has 0 aliphatic heterocycles. The van der Waals surface area contributed by atoms with Gasteiger partial charge >= 0.3 is 12.4 Å². The summed E-state index contributed by atoms with van der Waals surface area (Å²) in [5.74, 6) is -0.892. The van der Waals surface area contributed by atoms with Crippen LogP contribution in [0.3, 0.4) is 0 Å². The minimum Gasteiger partial charge on any atom is -0.370 e. The van der Waals surface area contributed by atoms with Crippen LogP contribution in [0.25, 0.3) is 0 Å². The number of hydrogen-bond donors (Lipinski definition) is 0. The Morgan fingerprint density at radius 3 is 2.12 bits per heavy atom. The monoisotopic (exact) mass is 483 g/mol. The summed E-state index contributed by atoms with van der Waals surface area (Å²) in [5, 5.41) is 0. The Labute approximate surface area is 191 Å². The third-order valence-electron chi connectivity index (χ3n) is 5.98. The molecule has 9 heteroatoms. The molecule has 4 rings (SSSR count). The number of rotatable bonds is 4. The molecule has 2 nitrogen and oxygen atoms in total. The molecule has 0 bridgehead atoms. The number of pyridine rings is 1. The summed E-state index contributed by atoms with van der Waals surface area (Å²) in [7, 11) is 0. The van der Waals surface area contributed by atoms with Gasteiger partial charge in [-0.1, -0.05) is 18.2 Å². The van der Waals surface area contributed by atoms with Crippen LogP contribution in [-0.2, 0) is 23.5 Å². The second kappa shape index (κ2) is 9.02. The van der Waals surface area contributed by atoms with Gasteiger partial charge in [-0.25, -0.2) is 4.39 Å². The number of alkyl halides is 6. The first kappa shape index (κ1) is 24.2. The Balaban J connectivity index is 1.70. The fraction of sp³-hybridized carbons (Fsp3) is 0.320. The van der Waals surface area contributed by atoms with Gasteiger partial charge in [0.05, 0.1) is 34.9 Å². The van der Waals surface area contributed by atoms with Gasteiger partial charge in [-0.3, -0.25) is 4.98 Å². The number of hydrogen-bond acceptors (Lipinski definition) is 2. The first-order valence-electron chi connectivity index (χ1n) is 10.6. The van der Waals surface area contributed by atoms with Crippen LogP contribution in [0, 0.1) is 5.82 Å². The average molecular weight is 483 g/mol. The van der Waals surface area contributed by atoms with Gasteiger partial charge in [0.2, 0.25) is 0 Å². The molecule has 1 heterocycles. The van der Waals surface area contributed by atoms with E-state index in [1.54, 1.807) is 24.4 Å². The lowest BCUT2D eigenvalue weighted by Crippen LogP contribution is -2.31. The normalized spacial score (nSPS) is 19.5. The van der Waals surface area contributed by atoms with Crippen molar-refractivity contribution in [2.75, 3.05) is 0 Å². The zero-order valence-electron chi connectivity index (χ0n) is 17.9. The summed E-state index contributed by atoms with van der Waals surface area (Å²) in [6.07, 6.45) is -8.90. The van der Waals surface area contributed by atoms with Crippen LogP contribution in [0.4, 0.5) is 30.7 Å². The zero-order valence-corrected chi connectivity index (χ0v) is 17.9. The van der Waals surface area contributed by atoms with Gasteiger partial charge in [-0.05, 0) is 72.9 Å². The summed E-state index contributed by atoms with van der Waals surface area (Å²) in [4.78, 5) is 4.45. The molecule has 180 valence electrons. The maximum absolute atomic E-state index is 13.5. The van der Waals surface area contributed by atoms with Crippen molar-refractivity contribution in [3.63, 3.8) is 0 Å². The summed E-state index contributed by atoms with van der Waals surface area (Å²) < 4.78 is 99.4. The molecule has 0 radical (unpaired) electrons. The highest BCUT2D eigenvalue weighted by Gasteiger charge is 2.38. The highest BCUT2D eigenvalue weighted by atomic mass is 19.4. The standard InChI is InChI=1S/C25H20F7NO/c1-14(17-11-18(24(27,28)29)13-19(12-17)25(30,31)32)34-21-9-6-16-3-2-10-33-23(16)22(21)15-4-7-20(26)8-5-15/h2-5,7-8,10-14,21-22H,6,9H2,1H3/t14-,21-,22+/m0/s1. The van der Waals surface area contributed by atoms with E-state index in [4.69, 9.17) is 4.74 Å². The predicted molar refractivity (Wildman–Crippen MR) is 111 cm³/mol. The Kier molecular flexibility index (Phi) is 6.42. The van der Waals surface area contributed by atoms with Crippen molar-refractivity contribution < 1.29 is 35.5 Å². The molecule has 1 aliphatic carbocycles. The fourth-order valence-electron chi connectivity index (χ4n) is 4.33. The van der Waals surface area contributed by atoms with E-state index >= 15 is 0 Å². The molecule has 2 aromatic carbocycles. The van der Waals surface area contributed by atoms with E-state index in [1.165, 1.54) is 19.1 Å². The third-order valence-corrected chi connectivity index (χ3v) is 5.98. The van der Waals surface area contributed by atoms with Gasteiger partial charge in [-0.15, -0.1) is 0 Å². The lowest BCUT2D eigenvalue weighted by Gasteiger charge is -2.35. The molecule has 3 atom stereocenters. The summed E-state index contributed by atoms with van der Waals surface area (Å²) in [6, 6.07) is 10.9. The maximum atomic E-state index is 13.5. The molecule has 1 aliphatic rings. The molecular formula is C25H20F7NO. The molecule has 34 heavy (non-hydrogen) atoms. The quantitative estimate of drug-likeness (QED) is 0.359. The second-order valence-electron chi connectivity index (χ2n) is 8.27. The Hall–Kier alpha value is -2.94. The largest absolute Gasteiger partial charge is 0.416 e. The van der Waals surface area contributed by atoms with Crippen molar-refractivity contribution in [3.05, 3.63) is 100 Å².